The molecule has 4 rings (SSSR count). The number of amides is 1. The van der Waals surface area contributed by atoms with Crippen LogP contribution in [0.2, 0.25) is 0 Å². The highest BCUT2D eigenvalue weighted by atomic mass is 32.2. The molecule has 0 saturated carbocycles. The molecule has 1 spiro atoms. The number of benzene rings is 1. The van der Waals surface area contributed by atoms with Gasteiger partial charge in [0.25, 0.3) is 5.91 Å². The molecule has 132 valence electrons. The van der Waals surface area contributed by atoms with Crippen molar-refractivity contribution in [1.82, 2.24) is 0 Å². The fourth-order valence-corrected chi connectivity index (χ4v) is 4.72. The summed E-state index contributed by atoms with van der Waals surface area (Å²) in [6.45, 7) is 3.28. The second kappa shape index (κ2) is 7.15. The van der Waals surface area contributed by atoms with Crippen LogP contribution in [-0.4, -0.2) is 48.6 Å². The lowest BCUT2D eigenvalue weighted by molar-refractivity contribution is -0.169. The van der Waals surface area contributed by atoms with Crippen LogP contribution in [0.25, 0.3) is 6.08 Å². The van der Waals surface area contributed by atoms with E-state index in [2.05, 4.69) is 34.2 Å². The molecule has 3 aliphatic rings. The molecule has 1 aromatic rings. The van der Waals surface area contributed by atoms with Gasteiger partial charge in [-0.3, -0.25) is 4.79 Å². The van der Waals surface area contributed by atoms with Gasteiger partial charge in [0, 0.05) is 31.6 Å². The maximum Gasteiger partial charge on any atom is 0.285 e. The van der Waals surface area contributed by atoms with E-state index in [1.54, 1.807) is 0 Å². The number of nitrogens with zero attached hydrogens (tertiary/aromatic N) is 2. The van der Waals surface area contributed by atoms with Gasteiger partial charge < -0.3 is 14.4 Å². The molecule has 0 aliphatic carbocycles. The SMILES string of the molecule is CSC1=NC(=O)C(=Cc2ccc(N3CCC4(CC3)OCCO4)cc2)S1. The number of hydrogen-bond donors (Lipinski definition) is 0. The molecule has 1 aromatic carbocycles. The first-order valence-electron chi connectivity index (χ1n) is 8.37. The quantitative estimate of drug-likeness (QED) is 0.738. The molecular formula is C18H20N2O3S2. The van der Waals surface area contributed by atoms with E-state index < -0.39 is 0 Å². The number of rotatable bonds is 2. The van der Waals surface area contributed by atoms with Crippen LogP contribution in [0.4, 0.5) is 5.69 Å². The van der Waals surface area contributed by atoms with Crippen LogP contribution in [0, 0.1) is 0 Å². The molecule has 1 amide bonds. The zero-order chi connectivity index (χ0) is 17.3. The molecule has 5 nitrogen and oxygen atoms in total. The van der Waals surface area contributed by atoms with E-state index in [0.717, 1.165) is 35.9 Å². The molecule has 0 atom stereocenters. The highest BCUT2D eigenvalue weighted by Crippen LogP contribution is 2.34. The average Bonchev–Trinajstić information content (AvgIpc) is 3.24. The Labute approximate surface area is 155 Å². The highest BCUT2D eigenvalue weighted by molar-refractivity contribution is 8.40. The average molecular weight is 377 g/mol. The Bertz CT molecular complexity index is 714. The lowest BCUT2D eigenvalue weighted by Gasteiger charge is -2.38. The zero-order valence-corrected chi connectivity index (χ0v) is 15.7. The van der Waals surface area contributed by atoms with E-state index in [-0.39, 0.29) is 11.7 Å². The van der Waals surface area contributed by atoms with Gasteiger partial charge in [-0.15, -0.1) is 11.8 Å². The third-order valence-electron chi connectivity index (χ3n) is 4.67. The van der Waals surface area contributed by atoms with Crippen molar-refractivity contribution in [2.45, 2.75) is 18.6 Å². The Kier molecular flexibility index (Phi) is 4.90. The minimum atomic E-state index is -0.337. The molecule has 0 aromatic heterocycles. The number of aliphatic imine (C=N–C) groups is 1. The first kappa shape index (κ1) is 17.1. The van der Waals surface area contributed by atoms with E-state index in [9.17, 15) is 4.79 Å². The van der Waals surface area contributed by atoms with Crippen molar-refractivity contribution in [3.63, 3.8) is 0 Å². The van der Waals surface area contributed by atoms with Crippen molar-refractivity contribution >= 4 is 45.6 Å². The third-order valence-corrected chi connectivity index (χ3v) is 6.64. The molecule has 0 radical (unpaired) electrons. The topological polar surface area (TPSA) is 51.1 Å². The smallest absolute Gasteiger partial charge is 0.285 e. The zero-order valence-electron chi connectivity index (χ0n) is 14.1. The standard InChI is InChI=1S/C18H20N2O3S2/c1-24-17-19-16(21)15(25-17)12-13-2-4-14(5-3-13)20-8-6-18(7-9-20)22-10-11-23-18/h2-5,12H,6-11H2,1H3. The Morgan fingerprint density at radius 2 is 1.88 bits per heavy atom. The molecule has 0 bridgehead atoms. The number of hydrogen-bond acceptors (Lipinski definition) is 6. The fraction of sp³-hybridized carbons (Fsp3) is 0.444. The van der Waals surface area contributed by atoms with Crippen molar-refractivity contribution in [1.29, 1.82) is 0 Å². The molecule has 7 heteroatoms. The number of piperidine rings is 1. The largest absolute Gasteiger partial charge is 0.371 e. The molecule has 0 unspecified atom stereocenters. The molecule has 3 heterocycles. The summed E-state index contributed by atoms with van der Waals surface area (Å²) >= 11 is 2.95. The van der Waals surface area contributed by atoms with Crippen LogP contribution in [0.5, 0.6) is 0 Å². The summed E-state index contributed by atoms with van der Waals surface area (Å²) in [5.74, 6) is -0.480. The summed E-state index contributed by atoms with van der Waals surface area (Å²) in [6, 6.07) is 8.34. The van der Waals surface area contributed by atoms with Crippen molar-refractivity contribution in [3.8, 4) is 0 Å². The van der Waals surface area contributed by atoms with Crippen LogP contribution in [0.1, 0.15) is 18.4 Å². The number of anilines is 1. The Morgan fingerprint density at radius 1 is 1.20 bits per heavy atom. The molecule has 0 N–H and O–H groups in total. The lowest BCUT2D eigenvalue weighted by Crippen LogP contribution is -2.45. The van der Waals surface area contributed by atoms with Crippen molar-refractivity contribution in [2.75, 3.05) is 37.5 Å². The van der Waals surface area contributed by atoms with Crippen LogP contribution in [0.3, 0.4) is 0 Å². The van der Waals surface area contributed by atoms with E-state index in [1.165, 1.54) is 29.2 Å². The van der Waals surface area contributed by atoms with E-state index >= 15 is 0 Å². The first-order valence-corrected chi connectivity index (χ1v) is 10.4. The Morgan fingerprint density at radius 3 is 2.48 bits per heavy atom. The summed E-state index contributed by atoms with van der Waals surface area (Å²) in [5.41, 5.74) is 2.22. The minimum absolute atomic E-state index is 0.142. The van der Waals surface area contributed by atoms with Gasteiger partial charge in [-0.1, -0.05) is 23.9 Å². The first-order chi connectivity index (χ1) is 12.2. The Balaban J connectivity index is 1.40. The summed E-state index contributed by atoms with van der Waals surface area (Å²) in [5, 5.41) is 0. The third kappa shape index (κ3) is 3.65. The molecule has 2 fully saturated rings. The predicted octanol–water partition coefficient (Wildman–Crippen LogP) is 3.36. The summed E-state index contributed by atoms with van der Waals surface area (Å²) in [7, 11) is 0. The van der Waals surface area contributed by atoms with Gasteiger partial charge in [0.05, 0.1) is 18.1 Å². The number of ether oxygens (including phenoxy) is 2. The predicted molar refractivity (Wildman–Crippen MR) is 104 cm³/mol. The van der Waals surface area contributed by atoms with Crippen LogP contribution >= 0.6 is 23.5 Å². The van der Waals surface area contributed by atoms with Gasteiger partial charge in [0.2, 0.25) is 0 Å². The van der Waals surface area contributed by atoms with Gasteiger partial charge in [-0.25, -0.2) is 0 Å². The fourth-order valence-electron chi connectivity index (χ4n) is 3.30. The van der Waals surface area contributed by atoms with Crippen LogP contribution < -0.4 is 4.90 Å². The van der Waals surface area contributed by atoms with E-state index in [1.807, 2.05) is 12.3 Å². The number of carbonyl (C=O) groups excluding carboxylic acids is 1. The van der Waals surface area contributed by atoms with E-state index in [0.29, 0.717) is 18.1 Å². The number of thioether (sulfide) groups is 2. The molecule has 2 saturated heterocycles. The maximum absolute atomic E-state index is 11.9. The monoisotopic (exact) mass is 376 g/mol. The van der Waals surface area contributed by atoms with Gasteiger partial charge in [-0.2, -0.15) is 4.99 Å². The van der Waals surface area contributed by atoms with Gasteiger partial charge in [0.15, 0.2) is 5.79 Å². The van der Waals surface area contributed by atoms with Crippen molar-refractivity contribution in [3.05, 3.63) is 34.7 Å². The Hall–Kier alpha value is -1.28. The van der Waals surface area contributed by atoms with Crippen molar-refractivity contribution < 1.29 is 14.3 Å². The second-order valence-corrected chi connectivity index (χ2v) is 8.27. The molecule has 3 aliphatic heterocycles. The second-order valence-electron chi connectivity index (χ2n) is 6.18. The summed E-state index contributed by atoms with van der Waals surface area (Å²) in [6.07, 6.45) is 5.65. The minimum Gasteiger partial charge on any atom is -0.371 e. The number of carbonyl (C=O) groups is 1. The normalized spacial score (nSPS) is 24.4. The van der Waals surface area contributed by atoms with Crippen LogP contribution in [-0.2, 0) is 14.3 Å². The van der Waals surface area contributed by atoms with E-state index in [4.69, 9.17) is 9.47 Å². The molecular weight excluding hydrogens is 356 g/mol. The molecule has 25 heavy (non-hydrogen) atoms. The lowest BCUT2D eigenvalue weighted by atomic mass is 10.0. The van der Waals surface area contributed by atoms with Crippen molar-refractivity contribution in [2.24, 2.45) is 4.99 Å². The maximum atomic E-state index is 11.9. The summed E-state index contributed by atoms with van der Waals surface area (Å²) in [4.78, 5) is 18.9. The van der Waals surface area contributed by atoms with Gasteiger partial charge >= 0.3 is 0 Å². The van der Waals surface area contributed by atoms with Gasteiger partial charge in [0.1, 0.15) is 4.38 Å². The highest BCUT2D eigenvalue weighted by Gasteiger charge is 2.39. The van der Waals surface area contributed by atoms with Crippen LogP contribution in [0.15, 0.2) is 34.2 Å². The van der Waals surface area contributed by atoms with Gasteiger partial charge in [-0.05, 0) is 30.0 Å². The summed E-state index contributed by atoms with van der Waals surface area (Å²) < 4.78 is 12.4.